The van der Waals surface area contributed by atoms with Crippen molar-refractivity contribution in [2.45, 2.75) is 32.8 Å². The molecule has 3 aromatic rings. The number of aryl methyl sites for hydroxylation is 1. The molecule has 3 rings (SSSR count). The van der Waals surface area contributed by atoms with Crippen LogP contribution in [0.15, 0.2) is 83.4 Å². The molecule has 5 N–H and O–H groups in total. The number of ether oxygens (including phenoxy) is 1. The number of benzene rings is 3. The van der Waals surface area contributed by atoms with E-state index in [-0.39, 0.29) is 17.6 Å². The van der Waals surface area contributed by atoms with Gasteiger partial charge in [0.25, 0.3) is 0 Å². The molecule has 0 radical (unpaired) electrons. The zero-order valence-electron chi connectivity index (χ0n) is 20.2. The van der Waals surface area contributed by atoms with Crippen LogP contribution in [-0.4, -0.2) is 17.1 Å². The first kappa shape index (κ1) is 26.8. The van der Waals surface area contributed by atoms with E-state index in [1.165, 1.54) is 6.08 Å². The van der Waals surface area contributed by atoms with Gasteiger partial charge in [-0.05, 0) is 74.2 Å². The van der Waals surface area contributed by atoms with E-state index < -0.39 is 12.2 Å². The molecule has 2 amide bonds. The summed E-state index contributed by atoms with van der Waals surface area (Å²) in [5, 5.41) is 16.0. The molecule has 0 fully saturated rings. The number of nitrogen functional groups attached to an aromatic ring is 1. The molecule has 0 bridgehead atoms. The summed E-state index contributed by atoms with van der Waals surface area (Å²) in [6, 6.07) is 19.4. The first-order valence-corrected chi connectivity index (χ1v) is 12.4. The van der Waals surface area contributed by atoms with Gasteiger partial charge in [0.15, 0.2) is 0 Å². The molecule has 3 aromatic carbocycles. The number of nitrogens with one attached hydrogen (secondary N) is 2. The van der Waals surface area contributed by atoms with Crippen molar-refractivity contribution < 1.29 is 19.4 Å². The summed E-state index contributed by atoms with van der Waals surface area (Å²) >= 11 is 3.42. The van der Waals surface area contributed by atoms with E-state index in [0.29, 0.717) is 35.5 Å². The molecular weight excluding hydrogens is 522 g/mol. The monoisotopic (exact) mass is 551 g/mol. The van der Waals surface area contributed by atoms with Crippen molar-refractivity contribution in [1.29, 1.82) is 0 Å². The topological polar surface area (TPSA) is 114 Å². The van der Waals surface area contributed by atoms with Gasteiger partial charge in [-0.15, -0.1) is 0 Å². The average Bonchev–Trinajstić information content (AvgIpc) is 2.85. The molecule has 188 valence electrons. The number of para-hydroxylation sites is 2. The molecule has 7 nitrogen and oxygen atoms in total. The summed E-state index contributed by atoms with van der Waals surface area (Å²) in [7, 11) is 0. The zero-order chi connectivity index (χ0) is 26.1. The maximum atomic E-state index is 12.7. The smallest absolute Gasteiger partial charge is 0.412 e. The minimum atomic E-state index is -0.709. The Bertz CT molecular complexity index is 1230. The van der Waals surface area contributed by atoms with Gasteiger partial charge in [0.1, 0.15) is 11.9 Å². The van der Waals surface area contributed by atoms with Gasteiger partial charge in [0.05, 0.1) is 11.4 Å². The van der Waals surface area contributed by atoms with E-state index in [2.05, 4.69) is 26.6 Å². The number of phenols is 1. The molecule has 2 atom stereocenters. The number of allylic oxidation sites excluding steroid dienone is 1. The molecule has 0 saturated heterocycles. The van der Waals surface area contributed by atoms with Crippen LogP contribution in [0.5, 0.6) is 5.75 Å². The highest BCUT2D eigenvalue weighted by Crippen LogP contribution is 2.36. The van der Waals surface area contributed by atoms with E-state index in [0.717, 1.165) is 10.0 Å². The number of halogens is 1. The van der Waals surface area contributed by atoms with Crippen LogP contribution in [0.4, 0.5) is 21.9 Å². The van der Waals surface area contributed by atoms with Crippen LogP contribution >= 0.6 is 15.9 Å². The molecule has 36 heavy (non-hydrogen) atoms. The number of hydrogen-bond acceptors (Lipinski definition) is 5. The number of carbonyl (C=O) groups excluding carboxylic acids is 2. The van der Waals surface area contributed by atoms with Crippen molar-refractivity contribution in [3.8, 4) is 5.75 Å². The molecule has 0 heterocycles. The van der Waals surface area contributed by atoms with Gasteiger partial charge < -0.3 is 20.9 Å². The first-order valence-electron chi connectivity index (χ1n) is 11.6. The van der Waals surface area contributed by atoms with Crippen molar-refractivity contribution in [3.05, 3.63) is 94.5 Å². The third kappa shape index (κ3) is 7.88. The van der Waals surface area contributed by atoms with Crippen LogP contribution in [0.25, 0.3) is 0 Å². The Kier molecular flexibility index (Phi) is 9.53. The maximum Gasteiger partial charge on any atom is 0.412 e. The fraction of sp³-hybridized carbons (Fsp3) is 0.214. The van der Waals surface area contributed by atoms with Crippen LogP contribution in [0.3, 0.4) is 0 Å². The van der Waals surface area contributed by atoms with Crippen LogP contribution < -0.4 is 16.4 Å². The minimum Gasteiger partial charge on any atom is -0.508 e. The first-order chi connectivity index (χ1) is 17.2. The maximum absolute atomic E-state index is 12.7. The number of hydrogen-bond donors (Lipinski definition) is 4. The Morgan fingerprint density at radius 1 is 1.08 bits per heavy atom. The predicted octanol–water partition coefficient (Wildman–Crippen LogP) is 6.95. The Labute approximate surface area is 219 Å². The lowest BCUT2D eigenvalue weighted by Gasteiger charge is -2.25. The van der Waals surface area contributed by atoms with Crippen molar-refractivity contribution in [1.82, 2.24) is 0 Å². The van der Waals surface area contributed by atoms with Crippen molar-refractivity contribution >= 4 is 45.0 Å². The summed E-state index contributed by atoms with van der Waals surface area (Å²) in [5.41, 5.74) is 9.10. The summed E-state index contributed by atoms with van der Waals surface area (Å²) in [5.74, 6) is -0.407. The highest BCUT2D eigenvalue weighted by Gasteiger charge is 2.26. The second-order valence-electron chi connectivity index (χ2n) is 8.55. The summed E-state index contributed by atoms with van der Waals surface area (Å²) in [6.07, 6.45) is 3.05. The average molecular weight is 552 g/mol. The largest absolute Gasteiger partial charge is 0.508 e. The van der Waals surface area contributed by atoms with Crippen LogP contribution in [0.2, 0.25) is 0 Å². The zero-order valence-corrected chi connectivity index (χ0v) is 21.8. The van der Waals surface area contributed by atoms with Crippen molar-refractivity contribution in [2.75, 3.05) is 16.4 Å². The molecule has 8 heteroatoms. The number of aromatic hydroxyl groups is 1. The van der Waals surface area contributed by atoms with Gasteiger partial charge in [-0.3, -0.25) is 10.1 Å². The number of phenolic OH excluding ortho intramolecular Hbond substituents is 1. The van der Waals surface area contributed by atoms with E-state index in [4.69, 9.17) is 10.5 Å². The third-order valence-electron chi connectivity index (χ3n) is 5.62. The predicted molar refractivity (Wildman–Crippen MR) is 147 cm³/mol. The van der Waals surface area contributed by atoms with E-state index in [1.807, 2.05) is 26.0 Å². The van der Waals surface area contributed by atoms with Crippen molar-refractivity contribution in [3.63, 3.8) is 0 Å². The summed E-state index contributed by atoms with van der Waals surface area (Å²) in [6.45, 7) is 3.90. The Balaban J connectivity index is 1.65. The van der Waals surface area contributed by atoms with Crippen LogP contribution in [0, 0.1) is 12.8 Å². The molecule has 0 saturated carbocycles. The SMILES string of the molecule is Cc1ccc(NC(=O)O[C@H](c2cc(Br)ccc2O)[C@@H](C)CC/C=C/C(=O)Nc2ccccc2N)cc1. The molecule has 0 aromatic heterocycles. The second-order valence-corrected chi connectivity index (χ2v) is 9.47. The fourth-order valence-electron chi connectivity index (χ4n) is 3.63. The minimum absolute atomic E-state index is 0.0357. The standard InChI is InChI=1S/C28H30BrN3O4/c1-18-11-14-21(15-12-18)31-28(35)36-27(22-17-20(29)13-16-25(22)33)19(2)7-3-6-10-26(34)32-24-9-5-4-8-23(24)30/h4-6,8-17,19,27,33H,3,7,30H2,1-2H3,(H,31,35)(H,32,34)/b10-6+/t19-,27-/m0/s1. The van der Waals surface area contributed by atoms with E-state index >= 15 is 0 Å². The Morgan fingerprint density at radius 2 is 1.81 bits per heavy atom. The van der Waals surface area contributed by atoms with Gasteiger partial charge in [0.2, 0.25) is 5.91 Å². The number of rotatable bonds is 9. The summed E-state index contributed by atoms with van der Waals surface area (Å²) < 4.78 is 6.55. The molecule has 0 aliphatic heterocycles. The molecule has 0 spiro atoms. The number of anilines is 3. The van der Waals surface area contributed by atoms with Crippen LogP contribution in [-0.2, 0) is 9.53 Å². The molecular formula is C28H30BrN3O4. The molecule has 0 unspecified atom stereocenters. The van der Waals surface area contributed by atoms with Gasteiger partial charge >= 0.3 is 6.09 Å². The van der Waals surface area contributed by atoms with Gasteiger partial charge in [-0.25, -0.2) is 4.79 Å². The van der Waals surface area contributed by atoms with E-state index in [9.17, 15) is 14.7 Å². The molecule has 0 aliphatic carbocycles. The quantitative estimate of drug-likeness (QED) is 0.170. The number of amides is 2. The van der Waals surface area contributed by atoms with Crippen LogP contribution in [0.1, 0.15) is 37.0 Å². The number of carbonyl (C=O) groups is 2. The van der Waals surface area contributed by atoms with E-state index in [1.54, 1.807) is 60.7 Å². The lowest BCUT2D eigenvalue weighted by atomic mass is 9.92. The van der Waals surface area contributed by atoms with Gasteiger partial charge in [0, 0.05) is 15.7 Å². The highest BCUT2D eigenvalue weighted by atomic mass is 79.9. The lowest BCUT2D eigenvalue weighted by Crippen LogP contribution is -2.22. The Hall–Kier alpha value is -3.78. The van der Waals surface area contributed by atoms with Gasteiger partial charge in [-0.1, -0.05) is 58.8 Å². The van der Waals surface area contributed by atoms with Gasteiger partial charge in [-0.2, -0.15) is 0 Å². The van der Waals surface area contributed by atoms with Crippen molar-refractivity contribution in [2.24, 2.45) is 5.92 Å². The third-order valence-corrected chi connectivity index (χ3v) is 6.11. The Morgan fingerprint density at radius 3 is 2.53 bits per heavy atom. The lowest BCUT2D eigenvalue weighted by molar-refractivity contribution is -0.111. The normalized spacial score (nSPS) is 12.6. The summed E-state index contributed by atoms with van der Waals surface area (Å²) in [4.78, 5) is 24.9. The number of nitrogens with two attached hydrogens (primary N) is 1. The fourth-order valence-corrected chi connectivity index (χ4v) is 4.00. The molecule has 0 aliphatic rings. The second kappa shape index (κ2) is 12.8. The highest BCUT2D eigenvalue weighted by molar-refractivity contribution is 9.10.